The molecule has 160 valence electrons. The zero-order valence-corrected chi connectivity index (χ0v) is 16.9. The summed E-state index contributed by atoms with van der Waals surface area (Å²) < 4.78 is 11.2. The van der Waals surface area contributed by atoms with Crippen molar-refractivity contribution in [1.29, 1.82) is 0 Å². The monoisotopic (exact) mass is 430 g/mol. The van der Waals surface area contributed by atoms with Crippen molar-refractivity contribution in [3.63, 3.8) is 0 Å². The van der Waals surface area contributed by atoms with E-state index in [4.69, 9.17) is 10.5 Å². The van der Waals surface area contributed by atoms with Crippen molar-refractivity contribution in [2.45, 2.75) is 0 Å². The molecule has 4 aromatic rings. The van der Waals surface area contributed by atoms with Gasteiger partial charge in [0.2, 0.25) is 11.6 Å². The van der Waals surface area contributed by atoms with Crippen LogP contribution in [0.25, 0.3) is 23.2 Å². The first-order chi connectivity index (χ1) is 15.7. The summed E-state index contributed by atoms with van der Waals surface area (Å²) in [6.45, 7) is 0. The second-order valence-electron chi connectivity index (χ2n) is 6.39. The topological polar surface area (TPSA) is 146 Å². The number of aromatic nitrogens is 5. The summed E-state index contributed by atoms with van der Waals surface area (Å²) in [5.41, 5.74) is 10.2. The Morgan fingerprint density at radius 2 is 2.03 bits per heavy atom. The lowest BCUT2D eigenvalue weighted by molar-refractivity contribution is 0.0950. The highest BCUT2D eigenvalue weighted by molar-refractivity contribution is 5.98. The number of methoxy groups -OCH3 is 1. The molecule has 0 saturated heterocycles. The molecule has 1 amide bonds. The highest BCUT2D eigenvalue weighted by Crippen LogP contribution is 2.28. The number of anilines is 1. The minimum absolute atomic E-state index is 0.00448. The van der Waals surface area contributed by atoms with Gasteiger partial charge in [0.15, 0.2) is 5.69 Å². The molecular weight excluding hydrogens is 412 g/mol. The van der Waals surface area contributed by atoms with Gasteiger partial charge in [0, 0.05) is 11.8 Å². The Balaban J connectivity index is 1.62. The van der Waals surface area contributed by atoms with Crippen LogP contribution in [0.4, 0.5) is 5.82 Å². The molecule has 3 N–H and O–H groups in total. The van der Waals surface area contributed by atoms with Crippen molar-refractivity contribution in [2.75, 3.05) is 12.8 Å². The lowest BCUT2D eigenvalue weighted by Crippen LogP contribution is -2.19. The predicted octanol–water partition coefficient (Wildman–Crippen LogP) is 2.34. The van der Waals surface area contributed by atoms with Crippen LogP contribution in [0.15, 0.2) is 70.4 Å². The normalized spacial score (nSPS) is 11.3. The van der Waals surface area contributed by atoms with Crippen LogP contribution in [0.2, 0.25) is 0 Å². The van der Waals surface area contributed by atoms with Crippen LogP contribution < -0.4 is 15.9 Å². The molecule has 11 nitrogen and oxygen atoms in total. The number of hydrazone groups is 1. The van der Waals surface area contributed by atoms with Crippen molar-refractivity contribution in [3.05, 3.63) is 71.9 Å². The molecule has 0 fully saturated rings. The maximum atomic E-state index is 12.8. The molecule has 0 aliphatic carbocycles. The Morgan fingerprint density at radius 1 is 1.19 bits per heavy atom. The number of hydrogen-bond donors (Lipinski definition) is 2. The number of nitrogens with zero attached hydrogens (tertiary/aromatic N) is 6. The van der Waals surface area contributed by atoms with Crippen molar-refractivity contribution in [2.24, 2.45) is 5.10 Å². The molecule has 0 aliphatic heterocycles. The van der Waals surface area contributed by atoms with E-state index in [1.54, 1.807) is 37.5 Å². The van der Waals surface area contributed by atoms with E-state index >= 15 is 0 Å². The molecule has 32 heavy (non-hydrogen) atoms. The van der Waals surface area contributed by atoms with E-state index in [0.717, 1.165) is 5.56 Å². The molecule has 11 heteroatoms. The molecule has 2 aromatic carbocycles. The molecule has 0 atom stereocenters. The number of rotatable bonds is 7. The van der Waals surface area contributed by atoms with Gasteiger partial charge in [0.05, 0.1) is 7.11 Å². The van der Waals surface area contributed by atoms with Gasteiger partial charge >= 0.3 is 0 Å². The molecule has 0 bridgehead atoms. The number of amides is 1. The molecular formula is C21H18N8O3. The van der Waals surface area contributed by atoms with Gasteiger partial charge in [0.25, 0.3) is 5.91 Å². The molecule has 0 spiro atoms. The second-order valence-corrected chi connectivity index (χ2v) is 6.39. The Hall–Kier alpha value is -4.80. The number of nitrogen functional groups attached to an aromatic ring is 1. The molecule has 0 radical (unpaired) electrons. The van der Waals surface area contributed by atoms with Crippen LogP contribution in [-0.2, 0) is 0 Å². The van der Waals surface area contributed by atoms with E-state index in [-0.39, 0.29) is 17.3 Å². The third-order valence-corrected chi connectivity index (χ3v) is 4.34. The maximum absolute atomic E-state index is 12.8. The van der Waals surface area contributed by atoms with Gasteiger partial charge in [-0.15, -0.1) is 5.10 Å². The maximum Gasteiger partial charge on any atom is 0.294 e. The fourth-order valence-corrected chi connectivity index (χ4v) is 2.86. The van der Waals surface area contributed by atoms with Crippen LogP contribution in [-0.4, -0.2) is 44.5 Å². The van der Waals surface area contributed by atoms with Crippen LogP contribution in [0, 0.1) is 0 Å². The summed E-state index contributed by atoms with van der Waals surface area (Å²) in [7, 11) is 1.54. The summed E-state index contributed by atoms with van der Waals surface area (Å²) in [6.07, 6.45) is 5.02. The number of allylic oxidation sites excluding steroid dienone is 1. The average molecular weight is 430 g/mol. The average Bonchev–Trinajstić information content (AvgIpc) is 3.45. The Labute approximate surface area is 182 Å². The summed E-state index contributed by atoms with van der Waals surface area (Å²) in [5.74, 6) is 0.101. The third-order valence-electron chi connectivity index (χ3n) is 4.34. The fraction of sp³-hybridized carbons (Fsp3) is 0.0476. The number of ether oxygens (including phenoxy) is 1. The van der Waals surface area contributed by atoms with E-state index in [1.807, 2.05) is 36.4 Å². The van der Waals surface area contributed by atoms with Gasteiger partial charge in [-0.3, -0.25) is 4.79 Å². The van der Waals surface area contributed by atoms with E-state index in [9.17, 15) is 4.79 Å². The highest BCUT2D eigenvalue weighted by atomic mass is 16.6. The van der Waals surface area contributed by atoms with E-state index in [0.29, 0.717) is 17.0 Å². The van der Waals surface area contributed by atoms with Gasteiger partial charge in [0.1, 0.15) is 11.4 Å². The molecule has 2 heterocycles. The molecule has 0 unspecified atom stereocenters. The van der Waals surface area contributed by atoms with Gasteiger partial charge in [-0.1, -0.05) is 53.8 Å². The van der Waals surface area contributed by atoms with Crippen LogP contribution in [0.5, 0.6) is 5.75 Å². The smallest absolute Gasteiger partial charge is 0.294 e. The molecule has 0 aliphatic rings. The zero-order valence-electron chi connectivity index (χ0n) is 16.9. The van der Waals surface area contributed by atoms with Gasteiger partial charge in [-0.2, -0.15) is 9.78 Å². The first-order valence-electron chi connectivity index (χ1n) is 9.41. The SMILES string of the molecule is COc1cccc(-c2c(C(=O)N/N=C\C=C\c3ccccc3)nnn2-c2nonc2N)c1. The summed E-state index contributed by atoms with van der Waals surface area (Å²) in [4.78, 5) is 12.8. The number of benzene rings is 2. The summed E-state index contributed by atoms with van der Waals surface area (Å²) in [5, 5.41) is 19.3. The first kappa shape index (κ1) is 20.5. The van der Waals surface area contributed by atoms with Gasteiger partial charge < -0.3 is 10.5 Å². The van der Waals surface area contributed by atoms with Crippen molar-refractivity contribution in [3.8, 4) is 22.8 Å². The van der Waals surface area contributed by atoms with Crippen molar-refractivity contribution < 1.29 is 14.2 Å². The van der Waals surface area contributed by atoms with E-state index < -0.39 is 5.91 Å². The highest BCUT2D eigenvalue weighted by Gasteiger charge is 2.25. The molecule has 0 saturated carbocycles. The van der Waals surface area contributed by atoms with Crippen LogP contribution in [0.3, 0.4) is 0 Å². The van der Waals surface area contributed by atoms with Crippen molar-refractivity contribution in [1.82, 2.24) is 30.7 Å². The largest absolute Gasteiger partial charge is 0.497 e. The minimum Gasteiger partial charge on any atom is -0.497 e. The number of carbonyl (C=O) groups excluding carboxylic acids is 1. The number of nitrogens with two attached hydrogens (primary N) is 1. The van der Waals surface area contributed by atoms with Gasteiger partial charge in [-0.05, 0) is 34.1 Å². The lowest BCUT2D eigenvalue weighted by atomic mass is 10.1. The standard InChI is InChI=1S/C21H18N8O3/c1-31-16-11-5-10-15(13-16)18-17(24-28-29(18)20-19(22)26-32-27-20)21(30)25-23-12-6-9-14-7-3-2-4-8-14/h2-13H,1H3,(H2,22,26)(H,25,30)/b9-6+,23-12-. The Morgan fingerprint density at radius 3 is 2.78 bits per heavy atom. The summed E-state index contributed by atoms with van der Waals surface area (Å²) >= 11 is 0. The lowest BCUT2D eigenvalue weighted by Gasteiger charge is -2.07. The Bertz CT molecular complexity index is 1280. The second kappa shape index (κ2) is 9.34. The molecule has 2 aromatic heterocycles. The van der Waals surface area contributed by atoms with Crippen LogP contribution in [0.1, 0.15) is 16.1 Å². The fourth-order valence-electron chi connectivity index (χ4n) is 2.86. The number of carbonyl (C=O) groups is 1. The third kappa shape index (κ3) is 4.36. The first-order valence-corrected chi connectivity index (χ1v) is 9.41. The summed E-state index contributed by atoms with van der Waals surface area (Å²) in [6, 6.07) is 16.7. The predicted molar refractivity (Wildman–Crippen MR) is 117 cm³/mol. The Kier molecular flexibility index (Phi) is 5.98. The number of hydrogen-bond acceptors (Lipinski definition) is 9. The van der Waals surface area contributed by atoms with Gasteiger partial charge in [-0.25, -0.2) is 10.1 Å². The van der Waals surface area contributed by atoms with Crippen LogP contribution >= 0.6 is 0 Å². The van der Waals surface area contributed by atoms with E-state index in [1.165, 1.54) is 10.9 Å². The van der Waals surface area contributed by atoms with E-state index in [2.05, 4.69) is 35.8 Å². The number of nitrogens with one attached hydrogen (secondary N) is 1. The molecule has 4 rings (SSSR count). The minimum atomic E-state index is -0.576. The van der Waals surface area contributed by atoms with Crippen molar-refractivity contribution >= 4 is 24.0 Å². The quantitative estimate of drug-likeness (QED) is 0.335. The zero-order chi connectivity index (χ0) is 22.3.